The normalized spacial score (nSPS) is 26.2. The van der Waals surface area contributed by atoms with E-state index in [0.29, 0.717) is 13.0 Å². The van der Waals surface area contributed by atoms with Gasteiger partial charge in [-0.05, 0) is 18.6 Å². The number of carbonyl (C=O) groups is 1. The highest BCUT2D eigenvalue weighted by atomic mass is 16.5. The van der Waals surface area contributed by atoms with Crippen molar-refractivity contribution in [3.8, 4) is 0 Å². The zero-order chi connectivity index (χ0) is 10.7. The molecule has 1 aliphatic heterocycles. The van der Waals surface area contributed by atoms with E-state index in [0.717, 1.165) is 5.69 Å². The molecule has 1 fully saturated rings. The molecule has 5 nitrogen and oxygen atoms in total. The van der Waals surface area contributed by atoms with Crippen molar-refractivity contribution in [2.75, 3.05) is 13.7 Å². The van der Waals surface area contributed by atoms with E-state index in [1.807, 2.05) is 18.3 Å². The van der Waals surface area contributed by atoms with Crippen LogP contribution in [0.3, 0.4) is 0 Å². The SMILES string of the molecule is COC(=O)[C@@H]1CCOC(c2ccc[nH]2)N1. The minimum atomic E-state index is -0.281. The second kappa shape index (κ2) is 4.46. The van der Waals surface area contributed by atoms with Crippen molar-refractivity contribution in [1.29, 1.82) is 0 Å². The van der Waals surface area contributed by atoms with Crippen LogP contribution in [0, 0.1) is 0 Å². The van der Waals surface area contributed by atoms with Crippen LogP contribution in [0.15, 0.2) is 18.3 Å². The van der Waals surface area contributed by atoms with Crippen molar-refractivity contribution in [1.82, 2.24) is 10.3 Å². The number of nitrogens with one attached hydrogen (secondary N) is 2. The first-order valence-corrected chi connectivity index (χ1v) is 4.90. The molecule has 1 aromatic rings. The number of esters is 1. The van der Waals surface area contributed by atoms with Crippen molar-refractivity contribution in [2.24, 2.45) is 0 Å². The highest BCUT2D eigenvalue weighted by molar-refractivity contribution is 5.75. The predicted molar refractivity (Wildman–Crippen MR) is 53.0 cm³/mol. The van der Waals surface area contributed by atoms with E-state index >= 15 is 0 Å². The number of carbonyl (C=O) groups excluding carboxylic acids is 1. The number of aromatic amines is 1. The van der Waals surface area contributed by atoms with Gasteiger partial charge in [0.15, 0.2) is 0 Å². The topological polar surface area (TPSA) is 63.4 Å². The largest absolute Gasteiger partial charge is 0.468 e. The average molecular weight is 210 g/mol. The van der Waals surface area contributed by atoms with Gasteiger partial charge in [-0.1, -0.05) is 0 Å². The first-order valence-electron chi connectivity index (χ1n) is 4.90. The van der Waals surface area contributed by atoms with Crippen LogP contribution >= 0.6 is 0 Å². The van der Waals surface area contributed by atoms with Gasteiger partial charge in [-0.15, -0.1) is 0 Å². The van der Waals surface area contributed by atoms with Gasteiger partial charge in [-0.3, -0.25) is 10.1 Å². The van der Waals surface area contributed by atoms with Crippen LogP contribution < -0.4 is 5.32 Å². The molecule has 1 saturated heterocycles. The number of rotatable bonds is 2. The fourth-order valence-corrected chi connectivity index (χ4v) is 1.63. The molecule has 0 aromatic carbocycles. The maximum atomic E-state index is 11.3. The Bertz CT molecular complexity index is 323. The Morgan fingerprint density at radius 3 is 3.20 bits per heavy atom. The van der Waals surface area contributed by atoms with E-state index in [1.54, 1.807) is 0 Å². The molecule has 15 heavy (non-hydrogen) atoms. The number of methoxy groups -OCH3 is 1. The molecule has 1 aromatic heterocycles. The number of hydrogen-bond donors (Lipinski definition) is 2. The molecule has 1 unspecified atom stereocenters. The second-order valence-electron chi connectivity index (χ2n) is 3.41. The molecule has 0 aliphatic carbocycles. The molecule has 0 spiro atoms. The first kappa shape index (κ1) is 10.2. The van der Waals surface area contributed by atoms with Gasteiger partial charge in [0.1, 0.15) is 12.3 Å². The molecule has 1 aliphatic rings. The summed E-state index contributed by atoms with van der Waals surface area (Å²) in [5.74, 6) is -0.241. The second-order valence-corrected chi connectivity index (χ2v) is 3.41. The van der Waals surface area contributed by atoms with Gasteiger partial charge in [-0.25, -0.2) is 0 Å². The van der Waals surface area contributed by atoms with Crippen molar-refractivity contribution >= 4 is 5.97 Å². The van der Waals surface area contributed by atoms with Crippen molar-refractivity contribution in [3.05, 3.63) is 24.0 Å². The van der Waals surface area contributed by atoms with Gasteiger partial charge in [0.25, 0.3) is 0 Å². The standard InChI is InChI=1S/C10H14N2O3/c1-14-10(13)8-4-6-15-9(12-8)7-3-2-5-11-7/h2-3,5,8-9,11-12H,4,6H2,1H3/t8-,9?/m0/s1. The van der Waals surface area contributed by atoms with E-state index < -0.39 is 0 Å². The molecular weight excluding hydrogens is 196 g/mol. The summed E-state index contributed by atoms with van der Waals surface area (Å²) in [6.07, 6.45) is 2.21. The third-order valence-electron chi connectivity index (χ3n) is 2.43. The summed E-state index contributed by atoms with van der Waals surface area (Å²) < 4.78 is 10.2. The highest BCUT2D eigenvalue weighted by Gasteiger charge is 2.28. The quantitative estimate of drug-likeness (QED) is 0.700. The molecule has 2 heterocycles. The summed E-state index contributed by atoms with van der Waals surface area (Å²) in [5, 5.41) is 3.08. The fraction of sp³-hybridized carbons (Fsp3) is 0.500. The van der Waals surface area contributed by atoms with Crippen LogP contribution in [0.1, 0.15) is 18.3 Å². The average Bonchev–Trinajstić information content (AvgIpc) is 2.82. The zero-order valence-electron chi connectivity index (χ0n) is 8.53. The Kier molecular flexibility index (Phi) is 3.03. The Morgan fingerprint density at radius 1 is 1.67 bits per heavy atom. The van der Waals surface area contributed by atoms with E-state index in [1.165, 1.54) is 7.11 Å². The maximum absolute atomic E-state index is 11.3. The first-order chi connectivity index (χ1) is 7.31. The molecule has 0 saturated carbocycles. The lowest BCUT2D eigenvalue weighted by atomic mass is 10.1. The number of aromatic nitrogens is 1. The van der Waals surface area contributed by atoms with Crippen molar-refractivity contribution in [3.63, 3.8) is 0 Å². The molecular formula is C10H14N2O3. The Morgan fingerprint density at radius 2 is 2.53 bits per heavy atom. The van der Waals surface area contributed by atoms with Gasteiger partial charge in [0.05, 0.1) is 19.4 Å². The summed E-state index contributed by atoms with van der Waals surface area (Å²) in [4.78, 5) is 14.4. The lowest BCUT2D eigenvalue weighted by Gasteiger charge is -2.29. The van der Waals surface area contributed by atoms with Crippen LogP contribution in [-0.4, -0.2) is 30.7 Å². The molecule has 5 heteroatoms. The smallest absolute Gasteiger partial charge is 0.323 e. The monoisotopic (exact) mass is 210 g/mol. The maximum Gasteiger partial charge on any atom is 0.323 e. The molecule has 2 atom stereocenters. The van der Waals surface area contributed by atoms with Crippen molar-refractivity contribution < 1.29 is 14.3 Å². The highest BCUT2D eigenvalue weighted by Crippen LogP contribution is 2.18. The summed E-state index contributed by atoms with van der Waals surface area (Å²) >= 11 is 0. The van der Waals surface area contributed by atoms with E-state index in [2.05, 4.69) is 15.0 Å². The Hall–Kier alpha value is -1.33. The predicted octanol–water partition coefficient (Wildman–Crippen LogP) is 0.565. The minimum absolute atomic E-state index is 0.241. The van der Waals surface area contributed by atoms with Gasteiger partial charge < -0.3 is 14.5 Å². The number of hydrogen-bond acceptors (Lipinski definition) is 4. The fourth-order valence-electron chi connectivity index (χ4n) is 1.63. The Balaban J connectivity index is 2.01. The molecule has 0 amide bonds. The summed E-state index contributed by atoms with van der Waals surface area (Å²) in [6.45, 7) is 0.552. The summed E-state index contributed by atoms with van der Waals surface area (Å²) in [6, 6.07) is 3.52. The molecule has 82 valence electrons. The van der Waals surface area contributed by atoms with Gasteiger partial charge in [-0.2, -0.15) is 0 Å². The van der Waals surface area contributed by atoms with Crippen molar-refractivity contribution in [2.45, 2.75) is 18.7 Å². The van der Waals surface area contributed by atoms with Crippen LogP contribution in [0.5, 0.6) is 0 Å². The zero-order valence-corrected chi connectivity index (χ0v) is 8.53. The van der Waals surface area contributed by atoms with Crippen LogP contribution in [-0.2, 0) is 14.3 Å². The van der Waals surface area contributed by atoms with E-state index in [-0.39, 0.29) is 18.2 Å². The third-order valence-corrected chi connectivity index (χ3v) is 2.43. The van der Waals surface area contributed by atoms with E-state index in [9.17, 15) is 4.79 Å². The minimum Gasteiger partial charge on any atom is -0.468 e. The molecule has 0 bridgehead atoms. The number of H-pyrrole nitrogens is 1. The lowest BCUT2D eigenvalue weighted by Crippen LogP contribution is -2.45. The third kappa shape index (κ3) is 2.19. The lowest BCUT2D eigenvalue weighted by molar-refractivity contribution is -0.148. The summed E-state index contributed by atoms with van der Waals surface area (Å²) in [7, 11) is 1.39. The van der Waals surface area contributed by atoms with Crippen LogP contribution in [0.2, 0.25) is 0 Å². The van der Waals surface area contributed by atoms with Crippen LogP contribution in [0.25, 0.3) is 0 Å². The molecule has 2 N–H and O–H groups in total. The van der Waals surface area contributed by atoms with Gasteiger partial charge in [0.2, 0.25) is 0 Å². The summed E-state index contributed by atoms with van der Waals surface area (Å²) in [5.41, 5.74) is 0.920. The van der Waals surface area contributed by atoms with Crippen LogP contribution in [0.4, 0.5) is 0 Å². The Labute approximate surface area is 87.8 Å². The number of ether oxygens (including phenoxy) is 2. The molecule has 2 rings (SSSR count). The van der Waals surface area contributed by atoms with E-state index in [4.69, 9.17) is 4.74 Å². The van der Waals surface area contributed by atoms with Gasteiger partial charge >= 0.3 is 5.97 Å². The van der Waals surface area contributed by atoms with Gasteiger partial charge in [0, 0.05) is 6.20 Å². The molecule has 0 radical (unpaired) electrons.